The molecule has 0 aliphatic carbocycles. The van der Waals surface area contributed by atoms with Gasteiger partial charge in [-0.2, -0.15) is 0 Å². The average Bonchev–Trinajstić information content (AvgIpc) is 2.95. The van der Waals surface area contributed by atoms with Gasteiger partial charge in [-0.3, -0.25) is 19.8 Å². The summed E-state index contributed by atoms with van der Waals surface area (Å²) in [4.78, 5) is 40.8. The van der Waals surface area contributed by atoms with Gasteiger partial charge in [0.2, 0.25) is 0 Å². The Morgan fingerprint density at radius 3 is 1.96 bits per heavy atom. The van der Waals surface area contributed by atoms with Crippen LogP contribution in [-0.4, -0.2) is 60.9 Å². The van der Waals surface area contributed by atoms with Crippen molar-refractivity contribution >= 4 is 23.4 Å². The third kappa shape index (κ3) is 3.22. The Hall–Kier alpha value is -3.03. The Bertz CT molecular complexity index is 867. The van der Waals surface area contributed by atoms with Crippen LogP contribution in [0.25, 0.3) is 0 Å². The Kier molecular flexibility index (Phi) is 4.47. The van der Waals surface area contributed by atoms with E-state index in [1.807, 2.05) is 5.01 Å². The Balaban J connectivity index is 1.47. The van der Waals surface area contributed by atoms with Crippen LogP contribution in [0.15, 0.2) is 48.5 Å². The molecule has 0 atom stereocenters. The van der Waals surface area contributed by atoms with Crippen LogP contribution >= 0.6 is 0 Å². The van der Waals surface area contributed by atoms with Gasteiger partial charge in [0.25, 0.3) is 17.7 Å². The number of anilines is 1. The largest absolute Gasteiger partial charge is 0.304 e. The molecule has 2 aliphatic rings. The first-order chi connectivity index (χ1) is 13.0. The van der Waals surface area contributed by atoms with Crippen LogP contribution in [0, 0.1) is 0 Å². The number of amides is 3. The van der Waals surface area contributed by atoms with E-state index in [1.54, 1.807) is 48.5 Å². The number of nitrogens with one attached hydrogen (secondary N) is 1. The number of nitrogens with zero attached hydrogens (tertiary/aromatic N) is 3. The summed E-state index contributed by atoms with van der Waals surface area (Å²) < 4.78 is 0. The van der Waals surface area contributed by atoms with E-state index in [-0.39, 0.29) is 17.7 Å². The Morgan fingerprint density at radius 2 is 1.41 bits per heavy atom. The van der Waals surface area contributed by atoms with E-state index >= 15 is 0 Å². The fourth-order valence-corrected chi connectivity index (χ4v) is 3.31. The molecular formula is C20H20N4O3. The SMILES string of the molecule is CN1CCN(NC(=O)c2ccc(N3C(=O)c4ccccc4C3=O)cc2)CC1. The van der Waals surface area contributed by atoms with E-state index in [2.05, 4.69) is 17.4 Å². The summed E-state index contributed by atoms with van der Waals surface area (Å²) in [6.45, 7) is 3.35. The lowest BCUT2D eigenvalue weighted by Gasteiger charge is -2.32. The number of carbonyl (C=O) groups excluding carboxylic acids is 3. The summed E-state index contributed by atoms with van der Waals surface area (Å²) in [5.41, 5.74) is 4.64. The highest BCUT2D eigenvalue weighted by atomic mass is 16.2. The van der Waals surface area contributed by atoms with Gasteiger partial charge in [0.15, 0.2) is 0 Å². The van der Waals surface area contributed by atoms with Crippen LogP contribution in [0.4, 0.5) is 5.69 Å². The molecule has 4 rings (SSSR count). The summed E-state index contributed by atoms with van der Waals surface area (Å²) in [5.74, 6) is -0.885. The second-order valence-corrected chi connectivity index (χ2v) is 6.77. The summed E-state index contributed by atoms with van der Waals surface area (Å²) in [6.07, 6.45) is 0. The second-order valence-electron chi connectivity index (χ2n) is 6.77. The number of rotatable bonds is 3. The van der Waals surface area contributed by atoms with Crippen LogP contribution in [0.5, 0.6) is 0 Å². The summed E-state index contributed by atoms with van der Waals surface area (Å²) in [6, 6.07) is 13.3. The van der Waals surface area contributed by atoms with Gasteiger partial charge in [-0.25, -0.2) is 9.91 Å². The minimum atomic E-state index is -0.342. The fraction of sp³-hybridized carbons (Fsp3) is 0.250. The van der Waals surface area contributed by atoms with Gasteiger partial charge in [0.1, 0.15) is 0 Å². The predicted molar refractivity (Wildman–Crippen MR) is 101 cm³/mol. The fourth-order valence-electron chi connectivity index (χ4n) is 3.31. The molecule has 2 aliphatic heterocycles. The zero-order valence-corrected chi connectivity index (χ0v) is 15.0. The van der Waals surface area contributed by atoms with Crippen molar-refractivity contribution in [1.82, 2.24) is 15.3 Å². The molecule has 0 spiro atoms. The molecule has 1 saturated heterocycles. The van der Waals surface area contributed by atoms with E-state index < -0.39 is 0 Å². The first-order valence-electron chi connectivity index (χ1n) is 8.87. The first kappa shape index (κ1) is 17.4. The molecule has 3 amide bonds. The van der Waals surface area contributed by atoms with Gasteiger partial charge in [-0.1, -0.05) is 12.1 Å². The van der Waals surface area contributed by atoms with Crippen molar-refractivity contribution in [3.63, 3.8) is 0 Å². The van der Waals surface area contributed by atoms with Crippen LogP contribution < -0.4 is 10.3 Å². The van der Waals surface area contributed by atoms with Gasteiger partial charge in [-0.15, -0.1) is 0 Å². The van der Waals surface area contributed by atoms with E-state index in [0.29, 0.717) is 22.4 Å². The molecule has 7 heteroatoms. The molecule has 27 heavy (non-hydrogen) atoms. The van der Waals surface area contributed by atoms with Crippen molar-refractivity contribution in [3.05, 3.63) is 65.2 Å². The lowest BCUT2D eigenvalue weighted by Crippen LogP contribution is -2.52. The van der Waals surface area contributed by atoms with E-state index in [4.69, 9.17) is 0 Å². The highest BCUT2D eigenvalue weighted by Gasteiger charge is 2.36. The summed E-state index contributed by atoms with van der Waals surface area (Å²) >= 11 is 0. The van der Waals surface area contributed by atoms with Crippen molar-refractivity contribution in [1.29, 1.82) is 0 Å². The van der Waals surface area contributed by atoms with Crippen LogP contribution in [-0.2, 0) is 0 Å². The molecule has 138 valence electrons. The quantitative estimate of drug-likeness (QED) is 0.833. The molecule has 0 saturated carbocycles. The van der Waals surface area contributed by atoms with Crippen LogP contribution in [0.3, 0.4) is 0 Å². The molecule has 7 nitrogen and oxygen atoms in total. The number of carbonyl (C=O) groups is 3. The Labute approximate surface area is 157 Å². The van der Waals surface area contributed by atoms with Crippen molar-refractivity contribution < 1.29 is 14.4 Å². The monoisotopic (exact) mass is 364 g/mol. The number of imide groups is 1. The summed E-state index contributed by atoms with van der Waals surface area (Å²) in [7, 11) is 2.05. The highest BCUT2D eigenvalue weighted by molar-refractivity contribution is 6.34. The maximum atomic E-state index is 12.5. The van der Waals surface area contributed by atoms with Crippen molar-refractivity contribution in [2.45, 2.75) is 0 Å². The normalized spacial score (nSPS) is 17.9. The first-order valence-corrected chi connectivity index (χ1v) is 8.87. The van der Waals surface area contributed by atoms with Gasteiger partial charge in [-0.05, 0) is 43.4 Å². The number of fused-ring (bicyclic) bond motifs is 1. The lowest BCUT2D eigenvalue weighted by molar-refractivity contribution is 0.0662. The standard InChI is InChI=1S/C20H20N4O3/c1-22-10-12-23(13-11-22)21-18(25)14-6-8-15(9-7-14)24-19(26)16-4-2-3-5-17(16)20(24)27/h2-9H,10-13H2,1H3,(H,21,25). The smallest absolute Gasteiger partial charge is 0.266 e. The zero-order chi connectivity index (χ0) is 19.0. The third-order valence-electron chi connectivity index (χ3n) is 4.94. The molecule has 1 fully saturated rings. The van der Waals surface area contributed by atoms with Crippen molar-refractivity contribution in [2.24, 2.45) is 0 Å². The predicted octanol–water partition coefficient (Wildman–Crippen LogP) is 1.38. The Morgan fingerprint density at radius 1 is 0.852 bits per heavy atom. The number of piperazine rings is 1. The molecule has 2 aromatic rings. The molecule has 2 aromatic carbocycles. The van der Waals surface area contributed by atoms with Crippen LogP contribution in [0.2, 0.25) is 0 Å². The third-order valence-corrected chi connectivity index (χ3v) is 4.94. The number of benzene rings is 2. The molecule has 1 N–H and O–H groups in total. The van der Waals surface area contributed by atoms with Crippen LogP contribution in [0.1, 0.15) is 31.1 Å². The molecule has 0 radical (unpaired) electrons. The highest BCUT2D eigenvalue weighted by Crippen LogP contribution is 2.28. The van der Waals surface area contributed by atoms with Crippen molar-refractivity contribution in [2.75, 3.05) is 38.1 Å². The average molecular weight is 364 g/mol. The molecule has 0 bridgehead atoms. The summed E-state index contributed by atoms with van der Waals surface area (Å²) in [5, 5.41) is 1.90. The minimum Gasteiger partial charge on any atom is -0.304 e. The van der Waals surface area contributed by atoms with E-state index in [0.717, 1.165) is 31.1 Å². The number of likely N-dealkylation sites (N-methyl/N-ethyl adjacent to an activating group) is 1. The second kappa shape index (κ2) is 6.94. The molecule has 0 aromatic heterocycles. The molecule has 2 heterocycles. The number of hydrogen-bond donors (Lipinski definition) is 1. The van der Waals surface area contributed by atoms with Gasteiger partial charge in [0, 0.05) is 31.7 Å². The topological polar surface area (TPSA) is 73.0 Å². The number of hydrogen-bond acceptors (Lipinski definition) is 5. The van der Waals surface area contributed by atoms with E-state index in [9.17, 15) is 14.4 Å². The molecular weight excluding hydrogens is 344 g/mol. The van der Waals surface area contributed by atoms with Gasteiger partial charge < -0.3 is 4.90 Å². The molecule has 0 unspecified atom stereocenters. The maximum absolute atomic E-state index is 12.5. The van der Waals surface area contributed by atoms with Gasteiger partial charge in [0.05, 0.1) is 16.8 Å². The van der Waals surface area contributed by atoms with Crippen molar-refractivity contribution in [3.8, 4) is 0 Å². The minimum absolute atomic E-state index is 0.200. The zero-order valence-electron chi connectivity index (χ0n) is 15.0. The van der Waals surface area contributed by atoms with E-state index in [1.165, 1.54) is 0 Å². The number of hydrazine groups is 1. The lowest BCUT2D eigenvalue weighted by atomic mass is 10.1. The maximum Gasteiger partial charge on any atom is 0.266 e. The van der Waals surface area contributed by atoms with Gasteiger partial charge >= 0.3 is 0 Å².